The van der Waals surface area contributed by atoms with Crippen molar-refractivity contribution in [3.8, 4) is 0 Å². The summed E-state index contributed by atoms with van der Waals surface area (Å²) >= 11 is 0. The number of hydrogen-bond donors (Lipinski definition) is 2. The van der Waals surface area contributed by atoms with Crippen LogP contribution in [0.5, 0.6) is 0 Å². The lowest BCUT2D eigenvalue weighted by molar-refractivity contribution is -0.0445. The van der Waals surface area contributed by atoms with Crippen LogP contribution in [0.4, 0.5) is 0 Å². The SMILES string of the molecule is Cc1cc(C2OCCO2)c(C)cc1CNCCC1CC(O)C1. The fourth-order valence-corrected chi connectivity index (χ4v) is 3.35. The summed E-state index contributed by atoms with van der Waals surface area (Å²) in [5.74, 6) is 0.712. The molecule has 4 heteroatoms. The number of hydrogen-bond acceptors (Lipinski definition) is 4. The van der Waals surface area contributed by atoms with Gasteiger partial charge in [-0.15, -0.1) is 0 Å². The van der Waals surface area contributed by atoms with Crippen LogP contribution in [0.1, 0.15) is 47.8 Å². The summed E-state index contributed by atoms with van der Waals surface area (Å²) in [4.78, 5) is 0. The van der Waals surface area contributed by atoms with Crippen molar-refractivity contribution in [2.24, 2.45) is 5.92 Å². The second kappa shape index (κ2) is 7.09. The zero-order chi connectivity index (χ0) is 15.5. The first-order valence-corrected chi connectivity index (χ1v) is 8.35. The molecule has 2 N–H and O–H groups in total. The molecule has 1 aromatic carbocycles. The lowest BCUT2D eigenvalue weighted by Crippen LogP contribution is -2.31. The van der Waals surface area contributed by atoms with E-state index < -0.39 is 0 Å². The minimum absolute atomic E-state index is 0.0394. The summed E-state index contributed by atoms with van der Waals surface area (Å²) in [5, 5.41) is 12.8. The summed E-state index contributed by atoms with van der Waals surface area (Å²) in [6, 6.07) is 4.44. The van der Waals surface area contributed by atoms with Crippen LogP contribution in [0.15, 0.2) is 12.1 Å². The normalized spacial score (nSPS) is 25.4. The first kappa shape index (κ1) is 15.9. The predicted octanol–water partition coefficient (Wildman–Crippen LogP) is 2.60. The van der Waals surface area contributed by atoms with Gasteiger partial charge in [-0.2, -0.15) is 0 Å². The van der Waals surface area contributed by atoms with Crippen LogP contribution >= 0.6 is 0 Å². The lowest BCUT2D eigenvalue weighted by Gasteiger charge is -2.31. The second-order valence-corrected chi connectivity index (χ2v) is 6.67. The molecule has 22 heavy (non-hydrogen) atoms. The molecule has 2 fully saturated rings. The molecular formula is C18H27NO3. The van der Waals surface area contributed by atoms with Gasteiger partial charge < -0.3 is 19.9 Å². The largest absolute Gasteiger partial charge is 0.393 e. The van der Waals surface area contributed by atoms with Crippen molar-refractivity contribution in [1.29, 1.82) is 0 Å². The van der Waals surface area contributed by atoms with Gasteiger partial charge in [0.1, 0.15) is 0 Å². The van der Waals surface area contributed by atoms with E-state index in [4.69, 9.17) is 9.47 Å². The Morgan fingerprint density at radius 2 is 1.86 bits per heavy atom. The Morgan fingerprint density at radius 1 is 1.14 bits per heavy atom. The third-order valence-corrected chi connectivity index (χ3v) is 4.86. The molecule has 1 aromatic rings. The molecule has 0 bridgehead atoms. The Kier molecular flexibility index (Phi) is 5.14. The van der Waals surface area contributed by atoms with Crippen LogP contribution in [-0.2, 0) is 16.0 Å². The van der Waals surface area contributed by atoms with Gasteiger partial charge in [0.25, 0.3) is 0 Å². The Bertz CT molecular complexity index is 505. The van der Waals surface area contributed by atoms with Crippen LogP contribution in [0, 0.1) is 19.8 Å². The standard InChI is InChI=1S/C18H27NO3/c1-12-8-17(18-21-5-6-22-18)13(2)7-15(12)11-19-4-3-14-9-16(20)10-14/h7-8,14,16,18-20H,3-6,9-11H2,1-2H3. The zero-order valence-corrected chi connectivity index (χ0v) is 13.6. The molecule has 0 spiro atoms. The smallest absolute Gasteiger partial charge is 0.184 e. The fraction of sp³-hybridized carbons (Fsp3) is 0.667. The Morgan fingerprint density at radius 3 is 2.55 bits per heavy atom. The first-order valence-electron chi connectivity index (χ1n) is 8.35. The van der Waals surface area contributed by atoms with Gasteiger partial charge in [0.2, 0.25) is 0 Å². The van der Waals surface area contributed by atoms with Gasteiger partial charge in [0, 0.05) is 12.1 Å². The first-order chi connectivity index (χ1) is 10.6. The van der Waals surface area contributed by atoms with Crippen molar-refractivity contribution in [2.75, 3.05) is 19.8 Å². The highest BCUT2D eigenvalue weighted by molar-refractivity contribution is 5.38. The minimum Gasteiger partial charge on any atom is -0.393 e. The van der Waals surface area contributed by atoms with Gasteiger partial charge in [-0.05, 0) is 62.3 Å². The number of aryl methyl sites for hydroxylation is 2. The summed E-state index contributed by atoms with van der Waals surface area (Å²) in [7, 11) is 0. The van der Waals surface area contributed by atoms with Crippen molar-refractivity contribution in [1.82, 2.24) is 5.32 Å². The molecule has 1 aliphatic heterocycles. The Hall–Kier alpha value is -0.940. The number of benzene rings is 1. The summed E-state index contributed by atoms with van der Waals surface area (Å²) in [6.07, 6.45) is 2.90. The van der Waals surface area contributed by atoms with E-state index in [1.54, 1.807) is 0 Å². The third-order valence-electron chi connectivity index (χ3n) is 4.86. The molecule has 122 valence electrons. The lowest BCUT2D eigenvalue weighted by atomic mass is 9.80. The van der Waals surface area contributed by atoms with Crippen molar-refractivity contribution in [3.05, 3.63) is 34.4 Å². The third kappa shape index (κ3) is 3.69. The molecule has 0 amide bonds. The van der Waals surface area contributed by atoms with Crippen LogP contribution in [0.2, 0.25) is 0 Å². The number of nitrogens with one attached hydrogen (secondary N) is 1. The maximum Gasteiger partial charge on any atom is 0.184 e. The monoisotopic (exact) mass is 305 g/mol. The molecule has 3 rings (SSSR count). The van der Waals surface area contributed by atoms with Crippen LogP contribution in [0.25, 0.3) is 0 Å². The highest BCUT2D eigenvalue weighted by atomic mass is 16.7. The van der Waals surface area contributed by atoms with E-state index in [9.17, 15) is 5.11 Å². The van der Waals surface area contributed by atoms with Crippen molar-refractivity contribution in [2.45, 2.75) is 52.0 Å². The summed E-state index contributed by atoms with van der Waals surface area (Å²) in [5.41, 5.74) is 5.01. The maximum absolute atomic E-state index is 9.29. The minimum atomic E-state index is -0.189. The molecule has 0 atom stereocenters. The molecule has 1 heterocycles. The Balaban J connectivity index is 1.51. The average Bonchev–Trinajstić information content (AvgIpc) is 2.98. The molecule has 1 saturated carbocycles. The van der Waals surface area contributed by atoms with E-state index in [-0.39, 0.29) is 12.4 Å². The van der Waals surface area contributed by atoms with E-state index in [1.165, 1.54) is 16.7 Å². The summed E-state index contributed by atoms with van der Waals surface area (Å²) < 4.78 is 11.2. The van der Waals surface area contributed by atoms with Crippen molar-refractivity contribution < 1.29 is 14.6 Å². The average molecular weight is 305 g/mol. The van der Waals surface area contributed by atoms with E-state index in [0.29, 0.717) is 19.1 Å². The molecule has 1 saturated heterocycles. The van der Waals surface area contributed by atoms with Gasteiger partial charge in [0.15, 0.2) is 6.29 Å². The topological polar surface area (TPSA) is 50.7 Å². The van der Waals surface area contributed by atoms with Crippen molar-refractivity contribution >= 4 is 0 Å². The predicted molar refractivity (Wildman–Crippen MR) is 85.6 cm³/mol. The van der Waals surface area contributed by atoms with Crippen molar-refractivity contribution in [3.63, 3.8) is 0 Å². The van der Waals surface area contributed by atoms with Gasteiger partial charge in [-0.1, -0.05) is 12.1 Å². The van der Waals surface area contributed by atoms with Crippen LogP contribution in [0.3, 0.4) is 0 Å². The molecule has 0 radical (unpaired) electrons. The van der Waals surface area contributed by atoms with E-state index in [2.05, 4.69) is 31.3 Å². The van der Waals surface area contributed by atoms with Crippen LogP contribution in [-0.4, -0.2) is 31.0 Å². The quantitative estimate of drug-likeness (QED) is 0.793. The highest BCUT2D eigenvalue weighted by Crippen LogP contribution is 2.30. The van der Waals surface area contributed by atoms with Gasteiger partial charge in [-0.25, -0.2) is 0 Å². The van der Waals surface area contributed by atoms with E-state index in [1.807, 2.05) is 0 Å². The second-order valence-electron chi connectivity index (χ2n) is 6.67. The van der Waals surface area contributed by atoms with Crippen LogP contribution < -0.4 is 5.32 Å². The molecular weight excluding hydrogens is 278 g/mol. The molecule has 1 aliphatic carbocycles. The zero-order valence-electron chi connectivity index (χ0n) is 13.6. The van der Waals surface area contributed by atoms with E-state index >= 15 is 0 Å². The fourth-order valence-electron chi connectivity index (χ4n) is 3.35. The number of aliphatic hydroxyl groups excluding tert-OH is 1. The maximum atomic E-state index is 9.29. The number of rotatable bonds is 6. The molecule has 0 aromatic heterocycles. The molecule has 2 aliphatic rings. The molecule has 0 unspecified atom stereocenters. The molecule has 4 nitrogen and oxygen atoms in total. The van der Waals surface area contributed by atoms with Gasteiger partial charge in [-0.3, -0.25) is 0 Å². The highest BCUT2D eigenvalue weighted by Gasteiger charge is 2.26. The van der Waals surface area contributed by atoms with E-state index in [0.717, 1.165) is 37.9 Å². The Labute approximate surface area is 132 Å². The van der Waals surface area contributed by atoms with Gasteiger partial charge in [0.05, 0.1) is 19.3 Å². The number of ether oxygens (including phenoxy) is 2. The number of aliphatic hydroxyl groups is 1. The summed E-state index contributed by atoms with van der Waals surface area (Å²) in [6.45, 7) is 7.56. The van der Waals surface area contributed by atoms with Gasteiger partial charge >= 0.3 is 0 Å².